The highest BCUT2D eigenvalue weighted by Gasteiger charge is 2.23. The summed E-state index contributed by atoms with van der Waals surface area (Å²) < 4.78 is 0. The fraction of sp³-hybridized carbons (Fsp3) is 0.400. The molecule has 5 nitrogen and oxygen atoms in total. The molecule has 0 saturated carbocycles. The van der Waals surface area contributed by atoms with E-state index in [4.69, 9.17) is 0 Å². The van der Waals surface area contributed by atoms with Gasteiger partial charge in [-0.05, 0) is 30.5 Å². The zero-order chi connectivity index (χ0) is 17.1. The maximum atomic E-state index is 12.4. The number of nitrogens with zero attached hydrogens (tertiary/aromatic N) is 3. The number of carbonyl (C=O) groups is 1. The lowest BCUT2D eigenvalue weighted by Gasteiger charge is -2.34. The van der Waals surface area contributed by atoms with Crippen LogP contribution in [-0.2, 0) is 0 Å². The number of anilines is 1. The Balaban J connectivity index is 1.45. The number of nitrogens with one attached hydrogen (secondary N) is 1. The summed E-state index contributed by atoms with van der Waals surface area (Å²) in [6.45, 7) is 4.48. The van der Waals surface area contributed by atoms with Crippen molar-refractivity contribution in [1.29, 1.82) is 0 Å². The Hall–Kier alpha value is -2.40. The summed E-state index contributed by atoms with van der Waals surface area (Å²) in [4.78, 5) is 21.2. The fourth-order valence-electron chi connectivity index (χ4n) is 3.67. The van der Waals surface area contributed by atoms with Crippen molar-refractivity contribution in [2.75, 3.05) is 37.6 Å². The molecule has 2 saturated heterocycles. The molecule has 1 amide bonds. The number of benzene rings is 1. The highest BCUT2D eigenvalue weighted by Crippen LogP contribution is 2.21. The first-order valence-corrected chi connectivity index (χ1v) is 9.10. The molecule has 5 heteroatoms. The lowest BCUT2D eigenvalue weighted by Crippen LogP contribution is -2.46. The number of hydrogen-bond donors (Lipinski definition) is 1. The predicted octanol–water partition coefficient (Wildman–Crippen LogP) is 2.47. The molecule has 1 N–H and O–H groups in total. The molecule has 0 spiro atoms. The third-order valence-electron chi connectivity index (χ3n) is 5.09. The maximum Gasteiger partial charge on any atom is 0.255 e. The van der Waals surface area contributed by atoms with Crippen LogP contribution >= 0.6 is 0 Å². The van der Waals surface area contributed by atoms with Crippen LogP contribution in [-0.4, -0.2) is 48.5 Å². The first-order valence-electron chi connectivity index (χ1n) is 9.10. The van der Waals surface area contributed by atoms with E-state index in [0.717, 1.165) is 51.4 Å². The van der Waals surface area contributed by atoms with Crippen molar-refractivity contribution in [3.05, 3.63) is 59.8 Å². The second-order valence-electron chi connectivity index (χ2n) is 6.77. The standard InChI is InChI=1S/C20H24N4O/c25-20(23-11-4-5-12-23)17-8-9-19(22-14-17)24-13-10-21-18(15-24)16-6-2-1-3-7-16/h1-3,6-9,14,18,21H,4-5,10-13,15H2. The molecule has 3 heterocycles. The van der Waals surface area contributed by atoms with Crippen LogP contribution in [0.15, 0.2) is 48.7 Å². The first-order chi connectivity index (χ1) is 12.3. The van der Waals surface area contributed by atoms with Crippen molar-refractivity contribution >= 4 is 11.7 Å². The van der Waals surface area contributed by atoms with Gasteiger partial charge in [0.05, 0.1) is 5.56 Å². The van der Waals surface area contributed by atoms with Gasteiger partial charge in [-0.1, -0.05) is 30.3 Å². The molecule has 2 aliphatic rings. The topological polar surface area (TPSA) is 48.5 Å². The molecule has 25 heavy (non-hydrogen) atoms. The minimum atomic E-state index is 0.110. The minimum absolute atomic E-state index is 0.110. The summed E-state index contributed by atoms with van der Waals surface area (Å²) in [7, 11) is 0. The normalized spacial score (nSPS) is 20.7. The van der Waals surface area contributed by atoms with Gasteiger partial charge < -0.3 is 15.1 Å². The van der Waals surface area contributed by atoms with Gasteiger partial charge in [0.15, 0.2) is 0 Å². The van der Waals surface area contributed by atoms with Gasteiger partial charge in [-0.25, -0.2) is 4.98 Å². The zero-order valence-corrected chi connectivity index (χ0v) is 14.4. The van der Waals surface area contributed by atoms with E-state index >= 15 is 0 Å². The Morgan fingerprint density at radius 1 is 1.04 bits per heavy atom. The first kappa shape index (κ1) is 16.1. The molecule has 0 bridgehead atoms. The predicted molar refractivity (Wildman–Crippen MR) is 98.8 cm³/mol. The molecule has 4 rings (SSSR count). The van der Waals surface area contributed by atoms with Crippen LogP contribution in [0.4, 0.5) is 5.82 Å². The highest BCUT2D eigenvalue weighted by molar-refractivity contribution is 5.94. The Bertz CT molecular complexity index is 710. The molecule has 1 atom stereocenters. The lowest BCUT2D eigenvalue weighted by atomic mass is 10.0. The number of amides is 1. The van der Waals surface area contributed by atoms with Crippen molar-refractivity contribution < 1.29 is 4.79 Å². The summed E-state index contributed by atoms with van der Waals surface area (Å²) in [6, 6.07) is 14.7. The molecule has 2 aliphatic heterocycles. The van der Waals surface area contributed by atoms with E-state index in [2.05, 4.69) is 39.5 Å². The van der Waals surface area contributed by atoms with Crippen LogP contribution in [0, 0.1) is 0 Å². The summed E-state index contributed by atoms with van der Waals surface area (Å²) >= 11 is 0. The molecule has 130 valence electrons. The average molecular weight is 336 g/mol. The number of carbonyl (C=O) groups excluding carboxylic acids is 1. The quantitative estimate of drug-likeness (QED) is 0.935. The largest absolute Gasteiger partial charge is 0.353 e. The van der Waals surface area contributed by atoms with Crippen LogP contribution in [0.5, 0.6) is 0 Å². The smallest absolute Gasteiger partial charge is 0.255 e. The Morgan fingerprint density at radius 3 is 2.56 bits per heavy atom. The molecular formula is C20H24N4O. The fourth-order valence-corrected chi connectivity index (χ4v) is 3.67. The number of piperazine rings is 1. The molecule has 1 aromatic carbocycles. The Labute approximate surface area is 148 Å². The van der Waals surface area contributed by atoms with Crippen LogP contribution in [0.2, 0.25) is 0 Å². The second kappa shape index (κ2) is 7.23. The van der Waals surface area contributed by atoms with E-state index in [0.29, 0.717) is 11.6 Å². The molecule has 1 aromatic heterocycles. The van der Waals surface area contributed by atoms with Gasteiger partial charge in [0, 0.05) is 45.0 Å². The van der Waals surface area contributed by atoms with Gasteiger partial charge in [0.1, 0.15) is 5.82 Å². The number of likely N-dealkylation sites (tertiary alicyclic amines) is 1. The SMILES string of the molecule is O=C(c1ccc(N2CCNC(c3ccccc3)C2)nc1)N1CCCC1. The molecule has 1 unspecified atom stereocenters. The number of pyridine rings is 1. The van der Waals surface area contributed by atoms with E-state index in [-0.39, 0.29) is 5.91 Å². The van der Waals surface area contributed by atoms with Gasteiger partial charge in [-0.3, -0.25) is 4.79 Å². The van der Waals surface area contributed by atoms with E-state index in [1.807, 2.05) is 23.1 Å². The second-order valence-corrected chi connectivity index (χ2v) is 6.77. The molecule has 0 aliphatic carbocycles. The lowest BCUT2D eigenvalue weighted by molar-refractivity contribution is 0.0792. The van der Waals surface area contributed by atoms with Crippen LogP contribution < -0.4 is 10.2 Å². The zero-order valence-electron chi connectivity index (χ0n) is 14.4. The number of hydrogen-bond acceptors (Lipinski definition) is 4. The van der Waals surface area contributed by atoms with Gasteiger partial charge in [-0.15, -0.1) is 0 Å². The Kier molecular flexibility index (Phi) is 4.65. The van der Waals surface area contributed by atoms with Gasteiger partial charge in [0.25, 0.3) is 5.91 Å². The number of rotatable bonds is 3. The molecule has 2 aromatic rings. The summed E-state index contributed by atoms with van der Waals surface area (Å²) in [5.74, 6) is 1.06. The molecule has 2 fully saturated rings. The van der Waals surface area contributed by atoms with E-state index < -0.39 is 0 Å². The van der Waals surface area contributed by atoms with Gasteiger partial charge in [-0.2, -0.15) is 0 Å². The summed E-state index contributed by atoms with van der Waals surface area (Å²) in [6.07, 6.45) is 3.95. The average Bonchev–Trinajstić information content (AvgIpc) is 3.23. The third-order valence-corrected chi connectivity index (χ3v) is 5.09. The third kappa shape index (κ3) is 3.51. The van der Waals surface area contributed by atoms with Crippen LogP contribution in [0.1, 0.15) is 34.8 Å². The van der Waals surface area contributed by atoms with Crippen molar-refractivity contribution in [3.8, 4) is 0 Å². The van der Waals surface area contributed by atoms with Gasteiger partial charge >= 0.3 is 0 Å². The van der Waals surface area contributed by atoms with Crippen LogP contribution in [0.3, 0.4) is 0 Å². The van der Waals surface area contributed by atoms with E-state index in [1.165, 1.54) is 5.56 Å². The van der Waals surface area contributed by atoms with E-state index in [1.54, 1.807) is 6.20 Å². The molecular weight excluding hydrogens is 312 g/mol. The van der Waals surface area contributed by atoms with Crippen molar-refractivity contribution in [1.82, 2.24) is 15.2 Å². The maximum absolute atomic E-state index is 12.4. The van der Waals surface area contributed by atoms with Crippen LogP contribution in [0.25, 0.3) is 0 Å². The highest BCUT2D eigenvalue weighted by atomic mass is 16.2. The van der Waals surface area contributed by atoms with Gasteiger partial charge in [0.2, 0.25) is 0 Å². The summed E-state index contributed by atoms with van der Waals surface area (Å²) in [5.41, 5.74) is 1.99. The Morgan fingerprint density at radius 2 is 1.84 bits per heavy atom. The minimum Gasteiger partial charge on any atom is -0.353 e. The van der Waals surface area contributed by atoms with Crippen molar-refractivity contribution in [2.45, 2.75) is 18.9 Å². The number of aromatic nitrogens is 1. The van der Waals surface area contributed by atoms with Crippen molar-refractivity contribution in [3.63, 3.8) is 0 Å². The van der Waals surface area contributed by atoms with E-state index in [9.17, 15) is 4.79 Å². The monoisotopic (exact) mass is 336 g/mol. The summed E-state index contributed by atoms with van der Waals surface area (Å²) in [5, 5.41) is 3.57. The van der Waals surface area contributed by atoms with Crippen molar-refractivity contribution in [2.24, 2.45) is 0 Å². The molecule has 0 radical (unpaired) electrons.